The lowest BCUT2D eigenvalue weighted by Crippen LogP contribution is -1.86. The predicted molar refractivity (Wildman–Crippen MR) is 93.9 cm³/mol. The van der Waals surface area contributed by atoms with E-state index >= 15 is 0 Å². The molecule has 0 unspecified atom stereocenters. The van der Waals surface area contributed by atoms with Crippen molar-refractivity contribution in [1.29, 1.82) is 5.26 Å². The van der Waals surface area contributed by atoms with Gasteiger partial charge in [-0.25, -0.2) is 0 Å². The Morgan fingerprint density at radius 1 is 0.909 bits per heavy atom. The van der Waals surface area contributed by atoms with E-state index in [-0.39, 0.29) is 0 Å². The van der Waals surface area contributed by atoms with E-state index in [2.05, 4.69) is 54.6 Å². The molecule has 4 rings (SSSR count). The minimum atomic E-state index is 0.574. The van der Waals surface area contributed by atoms with Gasteiger partial charge >= 0.3 is 0 Å². The average Bonchev–Trinajstić information content (AvgIpc) is 2.95. The Kier molecular flexibility index (Phi) is 2.85. The molecule has 2 N–H and O–H groups in total. The molecule has 0 aliphatic rings. The van der Waals surface area contributed by atoms with Gasteiger partial charge in [-0.15, -0.1) is 11.3 Å². The van der Waals surface area contributed by atoms with Crippen LogP contribution < -0.4 is 5.73 Å². The van der Waals surface area contributed by atoms with Gasteiger partial charge in [0.1, 0.15) is 11.1 Å². The molecule has 0 saturated heterocycles. The van der Waals surface area contributed by atoms with Crippen LogP contribution in [0.2, 0.25) is 0 Å². The summed E-state index contributed by atoms with van der Waals surface area (Å²) in [7, 11) is 0. The molecule has 22 heavy (non-hydrogen) atoms. The van der Waals surface area contributed by atoms with E-state index < -0.39 is 0 Å². The number of nitrogens with two attached hydrogens (primary N) is 1. The Balaban J connectivity index is 2.04. The smallest absolute Gasteiger partial charge is 0.104 e. The lowest BCUT2D eigenvalue weighted by atomic mass is 9.97. The summed E-state index contributed by atoms with van der Waals surface area (Å²) in [5.74, 6) is 0. The van der Waals surface area contributed by atoms with Crippen molar-refractivity contribution < 1.29 is 0 Å². The third-order valence-electron chi connectivity index (χ3n) is 3.99. The van der Waals surface area contributed by atoms with Crippen molar-refractivity contribution in [2.45, 2.75) is 0 Å². The van der Waals surface area contributed by atoms with Gasteiger partial charge in [0.25, 0.3) is 0 Å². The summed E-state index contributed by atoms with van der Waals surface area (Å²) < 4.78 is 0. The van der Waals surface area contributed by atoms with Crippen LogP contribution >= 0.6 is 11.3 Å². The minimum Gasteiger partial charge on any atom is -0.389 e. The van der Waals surface area contributed by atoms with Crippen LogP contribution in [0.4, 0.5) is 5.00 Å². The monoisotopic (exact) mass is 300 g/mol. The molecular weight excluding hydrogens is 288 g/mol. The van der Waals surface area contributed by atoms with E-state index in [1.54, 1.807) is 0 Å². The lowest BCUT2D eigenvalue weighted by Gasteiger charge is -2.07. The highest BCUT2D eigenvalue weighted by atomic mass is 32.1. The molecule has 1 aromatic heterocycles. The summed E-state index contributed by atoms with van der Waals surface area (Å²) in [6.07, 6.45) is 0. The van der Waals surface area contributed by atoms with Crippen molar-refractivity contribution >= 4 is 37.9 Å². The Bertz CT molecular complexity index is 1050. The predicted octanol–water partition coefficient (Wildman–Crippen LogP) is 5.18. The zero-order chi connectivity index (χ0) is 15.1. The van der Waals surface area contributed by atoms with Crippen molar-refractivity contribution in [1.82, 2.24) is 0 Å². The summed E-state index contributed by atoms with van der Waals surface area (Å²) in [4.78, 5) is 0. The summed E-state index contributed by atoms with van der Waals surface area (Å²) in [6, 6.07) is 21.1. The number of benzene rings is 3. The van der Waals surface area contributed by atoms with E-state index in [0.29, 0.717) is 10.6 Å². The largest absolute Gasteiger partial charge is 0.389 e. The van der Waals surface area contributed by atoms with Crippen LogP contribution in [0.15, 0.2) is 60.0 Å². The third kappa shape index (κ3) is 1.86. The number of nitrogens with zero attached hydrogens (tertiary/aromatic N) is 1. The maximum absolute atomic E-state index is 9.31. The first kappa shape index (κ1) is 12.9. The number of rotatable bonds is 1. The molecule has 0 saturated carbocycles. The maximum atomic E-state index is 9.31. The molecule has 0 fully saturated rings. The van der Waals surface area contributed by atoms with Crippen molar-refractivity contribution in [3.63, 3.8) is 0 Å². The normalized spacial score (nSPS) is 10.9. The number of fused-ring (bicyclic) bond motifs is 3. The van der Waals surface area contributed by atoms with Gasteiger partial charge in [-0.05, 0) is 33.2 Å². The van der Waals surface area contributed by atoms with E-state index in [1.165, 1.54) is 32.9 Å². The summed E-state index contributed by atoms with van der Waals surface area (Å²) in [5.41, 5.74) is 8.41. The Hall–Kier alpha value is -2.83. The Morgan fingerprint density at radius 3 is 2.45 bits per heavy atom. The van der Waals surface area contributed by atoms with Crippen molar-refractivity contribution in [3.05, 3.63) is 65.5 Å². The van der Waals surface area contributed by atoms with Crippen molar-refractivity contribution in [3.8, 4) is 17.2 Å². The summed E-state index contributed by atoms with van der Waals surface area (Å²) in [5, 5.41) is 16.7. The molecule has 0 radical (unpaired) electrons. The fraction of sp³-hybridized carbons (Fsp3) is 0. The summed E-state index contributed by atoms with van der Waals surface area (Å²) >= 11 is 1.41. The number of anilines is 1. The van der Waals surface area contributed by atoms with Crippen LogP contribution in [0, 0.1) is 11.3 Å². The van der Waals surface area contributed by atoms with E-state index in [4.69, 9.17) is 5.73 Å². The molecular formula is C19H12N2S. The molecule has 2 nitrogen and oxygen atoms in total. The molecule has 4 aromatic rings. The molecule has 0 bridgehead atoms. The Morgan fingerprint density at radius 2 is 1.64 bits per heavy atom. The van der Waals surface area contributed by atoms with Gasteiger partial charge in [-0.2, -0.15) is 5.26 Å². The van der Waals surface area contributed by atoms with Crippen molar-refractivity contribution in [2.24, 2.45) is 0 Å². The molecule has 1 heterocycles. The highest BCUT2D eigenvalue weighted by Gasteiger charge is 2.11. The molecule has 0 spiro atoms. The second-order valence-corrected chi connectivity index (χ2v) is 6.13. The first-order valence-corrected chi connectivity index (χ1v) is 7.85. The third-order valence-corrected chi connectivity index (χ3v) is 4.80. The maximum Gasteiger partial charge on any atom is 0.104 e. The van der Waals surface area contributed by atoms with Gasteiger partial charge in [0.15, 0.2) is 0 Å². The Labute approximate surface area is 132 Å². The number of nitriles is 1. The van der Waals surface area contributed by atoms with Crippen LogP contribution in [-0.2, 0) is 0 Å². The molecule has 0 aliphatic carbocycles. The van der Waals surface area contributed by atoms with Gasteiger partial charge < -0.3 is 5.73 Å². The molecule has 0 aliphatic heterocycles. The minimum absolute atomic E-state index is 0.574. The highest BCUT2D eigenvalue weighted by Crippen LogP contribution is 2.35. The fourth-order valence-corrected chi connectivity index (χ4v) is 3.64. The zero-order valence-corrected chi connectivity index (χ0v) is 12.5. The number of hydrogen-bond donors (Lipinski definition) is 1. The van der Waals surface area contributed by atoms with Gasteiger partial charge in [0.05, 0.1) is 5.56 Å². The second-order valence-electron chi connectivity index (χ2n) is 5.22. The number of hydrogen-bond acceptors (Lipinski definition) is 3. The second kappa shape index (κ2) is 4.87. The van der Waals surface area contributed by atoms with Crippen LogP contribution in [0.1, 0.15) is 5.56 Å². The van der Waals surface area contributed by atoms with Crippen LogP contribution in [0.25, 0.3) is 32.7 Å². The molecule has 3 heteroatoms. The molecule has 0 atom stereocenters. The average molecular weight is 300 g/mol. The van der Waals surface area contributed by atoms with E-state index in [9.17, 15) is 5.26 Å². The van der Waals surface area contributed by atoms with E-state index in [0.717, 1.165) is 11.1 Å². The number of thiophene rings is 1. The highest BCUT2D eigenvalue weighted by molar-refractivity contribution is 7.14. The fourth-order valence-electron chi connectivity index (χ4n) is 2.87. The van der Waals surface area contributed by atoms with Gasteiger partial charge in [0.2, 0.25) is 0 Å². The first-order chi connectivity index (χ1) is 10.8. The lowest BCUT2D eigenvalue weighted by molar-refractivity contribution is 1.50. The van der Waals surface area contributed by atoms with Gasteiger partial charge in [0, 0.05) is 10.9 Å². The van der Waals surface area contributed by atoms with Crippen LogP contribution in [0.5, 0.6) is 0 Å². The molecule has 0 amide bonds. The molecule has 3 aromatic carbocycles. The van der Waals surface area contributed by atoms with Crippen LogP contribution in [-0.4, -0.2) is 0 Å². The van der Waals surface area contributed by atoms with Crippen LogP contribution in [0.3, 0.4) is 0 Å². The summed E-state index contributed by atoms with van der Waals surface area (Å²) in [6.45, 7) is 0. The first-order valence-electron chi connectivity index (χ1n) is 6.97. The zero-order valence-electron chi connectivity index (χ0n) is 11.7. The van der Waals surface area contributed by atoms with Crippen molar-refractivity contribution in [2.75, 3.05) is 5.73 Å². The SMILES string of the molecule is N#Cc1c(-c2ccc3ccc4ccccc4c3c2)csc1N. The standard InChI is InChI=1S/C19H12N2S/c20-10-17-18(11-22-19(17)21)14-8-7-13-6-5-12-3-1-2-4-15(12)16(13)9-14/h1-9,11H,21H2. The van der Waals surface area contributed by atoms with Gasteiger partial charge in [-0.1, -0.05) is 48.5 Å². The quantitative estimate of drug-likeness (QED) is 0.493. The molecule has 104 valence electrons. The number of nitrogen functional groups attached to an aromatic ring is 1. The van der Waals surface area contributed by atoms with Gasteiger partial charge in [-0.3, -0.25) is 0 Å². The topological polar surface area (TPSA) is 49.8 Å². The van der Waals surface area contributed by atoms with E-state index in [1.807, 2.05) is 11.4 Å².